The molecule has 0 bridgehead atoms. The topological polar surface area (TPSA) is 38.8 Å². The van der Waals surface area contributed by atoms with Gasteiger partial charge in [-0.15, -0.1) is 11.3 Å². The summed E-state index contributed by atoms with van der Waals surface area (Å²) in [4.78, 5) is 16.4. The maximum Gasteiger partial charge on any atom is 0.231 e. The average molecular weight is 407 g/mol. The molecule has 0 saturated heterocycles. The number of rotatable bonds is 3. The normalized spacial score (nSPS) is 17.0. The van der Waals surface area contributed by atoms with Crippen LogP contribution in [0.1, 0.15) is 31.9 Å². The summed E-state index contributed by atoms with van der Waals surface area (Å²) in [6.07, 6.45) is 1.64. The largest absolute Gasteiger partial charge is 0.477 e. The number of carbonyl (C=O) groups excluding carboxylic acids is 1. The summed E-state index contributed by atoms with van der Waals surface area (Å²) < 4.78 is 25.0. The molecule has 2 aliphatic rings. The molecule has 29 heavy (non-hydrogen) atoms. The zero-order valence-electron chi connectivity index (χ0n) is 15.8. The molecular formula is C23H18FNO3S. The van der Waals surface area contributed by atoms with E-state index in [1.54, 1.807) is 29.5 Å². The lowest BCUT2D eigenvalue weighted by molar-refractivity contribution is 0.0886. The molecule has 0 saturated carbocycles. The van der Waals surface area contributed by atoms with Crippen LogP contribution in [0, 0.1) is 12.7 Å². The van der Waals surface area contributed by atoms with Crippen LogP contribution in [-0.4, -0.2) is 17.4 Å². The van der Waals surface area contributed by atoms with Crippen molar-refractivity contribution in [3.05, 3.63) is 86.6 Å². The van der Waals surface area contributed by atoms with E-state index in [0.29, 0.717) is 30.2 Å². The molecule has 146 valence electrons. The smallest absolute Gasteiger partial charge is 0.231 e. The Balaban J connectivity index is 1.44. The van der Waals surface area contributed by atoms with Gasteiger partial charge in [-0.05, 0) is 48.2 Å². The Kier molecular flexibility index (Phi) is 4.45. The molecule has 3 aromatic rings. The van der Waals surface area contributed by atoms with Crippen molar-refractivity contribution in [2.75, 3.05) is 6.73 Å². The van der Waals surface area contributed by atoms with Crippen molar-refractivity contribution in [1.82, 2.24) is 4.90 Å². The predicted octanol–water partition coefficient (Wildman–Crippen LogP) is 5.16. The number of allylic oxidation sites excluding steroid dienone is 1. The quantitative estimate of drug-likeness (QED) is 0.562. The van der Waals surface area contributed by atoms with Crippen molar-refractivity contribution in [2.45, 2.75) is 20.0 Å². The minimum Gasteiger partial charge on any atom is -0.477 e. The number of thiophene rings is 1. The summed E-state index contributed by atoms with van der Waals surface area (Å²) in [6.45, 7) is 3.94. The lowest BCUT2D eigenvalue weighted by Gasteiger charge is -2.30. The van der Waals surface area contributed by atoms with Gasteiger partial charge in [0.05, 0.1) is 5.56 Å². The molecule has 0 radical (unpaired) electrons. The van der Waals surface area contributed by atoms with Crippen molar-refractivity contribution < 1.29 is 18.7 Å². The van der Waals surface area contributed by atoms with E-state index < -0.39 is 0 Å². The number of hydrogen-bond acceptors (Lipinski definition) is 5. The van der Waals surface area contributed by atoms with Gasteiger partial charge in [0.25, 0.3) is 0 Å². The van der Waals surface area contributed by atoms with Gasteiger partial charge in [0, 0.05) is 29.1 Å². The van der Waals surface area contributed by atoms with E-state index in [-0.39, 0.29) is 17.4 Å². The lowest BCUT2D eigenvalue weighted by Crippen LogP contribution is -2.31. The van der Waals surface area contributed by atoms with E-state index in [0.717, 1.165) is 23.4 Å². The molecular weight excluding hydrogens is 389 g/mol. The summed E-state index contributed by atoms with van der Waals surface area (Å²) in [7, 11) is 0. The highest BCUT2D eigenvalue weighted by Gasteiger charge is 2.33. The number of nitrogens with zero attached hydrogens (tertiary/aromatic N) is 1. The number of Topliss-reactive ketones (excluding diaryl/α,β-unsaturated/α-hetero) is 1. The fraction of sp³-hybridized carbons (Fsp3) is 0.174. The van der Waals surface area contributed by atoms with Crippen LogP contribution in [0.3, 0.4) is 0 Å². The number of halogens is 1. The van der Waals surface area contributed by atoms with Gasteiger partial charge >= 0.3 is 0 Å². The summed E-state index contributed by atoms with van der Waals surface area (Å²) in [5.74, 6) is 1.11. The highest BCUT2D eigenvalue weighted by atomic mass is 32.1. The molecule has 4 nitrogen and oxygen atoms in total. The van der Waals surface area contributed by atoms with Crippen LogP contribution in [0.5, 0.6) is 11.5 Å². The van der Waals surface area contributed by atoms with Gasteiger partial charge in [0.15, 0.2) is 5.76 Å². The highest BCUT2D eigenvalue weighted by molar-refractivity contribution is 7.09. The minimum absolute atomic E-state index is 0.161. The first-order valence-electron chi connectivity index (χ1n) is 9.32. The average Bonchev–Trinajstić information content (AvgIpc) is 3.33. The molecule has 0 aliphatic carbocycles. The second-order valence-electron chi connectivity index (χ2n) is 7.20. The number of carbonyl (C=O) groups is 1. The van der Waals surface area contributed by atoms with Gasteiger partial charge in [0.2, 0.25) is 5.78 Å². The number of ketones is 1. The molecule has 0 spiro atoms. The molecule has 6 heteroatoms. The van der Waals surface area contributed by atoms with Crippen molar-refractivity contribution in [3.63, 3.8) is 0 Å². The first-order chi connectivity index (χ1) is 14.1. The summed E-state index contributed by atoms with van der Waals surface area (Å²) in [6, 6.07) is 12.0. The molecule has 1 aromatic heterocycles. The molecule has 0 N–H and O–H groups in total. The van der Waals surface area contributed by atoms with Crippen LogP contribution in [0.25, 0.3) is 6.08 Å². The lowest BCUT2D eigenvalue weighted by atomic mass is 10.00. The Morgan fingerprint density at radius 2 is 2.03 bits per heavy atom. The second-order valence-corrected chi connectivity index (χ2v) is 8.23. The predicted molar refractivity (Wildman–Crippen MR) is 110 cm³/mol. The van der Waals surface area contributed by atoms with E-state index in [1.165, 1.54) is 17.0 Å². The van der Waals surface area contributed by atoms with Gasteiger partial charge in [-0.3, -0.25) is 9.69 Å². The monoisotopic (exact) mass is 407 g/mol. The van der Waals surface area contributed by atoms with Crippen LogP contribution in [0.15, 0.2) is 53.6 Å². The van der Waals surface area contributed by atoms with Crippen LogP contribution in [-0.2, 0) is 13.1 Å². The molecule has 0 atom stereocenters. The molecule has 5 rings (SSSR count). The van der Waals surface area contributed by atoms with Gasteiger partial charge < -0.3 is 9.47 Å². The Morgan fingerprint density at radius 1 is 1.21 bits per heavy atom. The number of hydrogen-bond donors (Lipinski definition) is 0. The molecule has 2 aromatic carbocycles. The number of ether oxygens (including phenoxy) is 2. The maximum absolute atomic E-state index is 13.1. The van der Waals surface area contributed by atoms with Gasteiger partial charge in [0.1, 0.15) is 24.0 Å². The number of benzene rings is 2. The van der Waals surface area contributed by atoms with Gasteiger partial charge in [-0.25, -0.2) is 4.39 Å². The third-order valence-corrected chi connectivity index (χ3v) is 5.99. The summed E-state index contributed by atoms with van der Waals surface area (Å²) in [5.41, 5.74) is 3.09. The van der Waals surface area contributed by atoms with E-state index in [1.807, 2.05) is 19.1 Å². The summed E-state index contributed by atoms with van der Waals surface area (Å²) >= 11 is 1.72. The van der Waals surface area contributed by atoms with E-state index in [4.69, 9.17) is 9.47 Å². The van der Waals surface area contributed by atoms with E-state index in [9.17, 15) is 9.18 Å². The third-order valence-electron chi connectivity index (χ3n) is 5.13. The first kappa shape index (κ1) is 18.1. The zero-order valence-corrected chi connectivity index (χ0v) is 16.6. The second kappa shape index (κ2) is 7.13. The first-order valence-corrected chi connectivity index (χ1v) is 10.2. The highest BCUT2D eigenvalue weighted by Crippen LogP contribution is 2.43. The van der Waals surface area contributed by atoms with Gasteiger partial charge in [-0.1, -0.05) is 18.2 Å². The zero-order chi connectivity index (χ0) is 20.0. The van der Waals surface area contributed by atoms with Crippen LogP contribution in [0.4, 0.5) is 4.39 Å². The third kappa shape index (κ3) is 3.34. The molecule has 0 unspecified atom stereocenters. The van der Waals surface area contributed by atoms with Crippen LogP contribution < -0.4 is 9.47 Å². The van der Waals surface area contributed by atoms with Crippen molar-refractivity contribution in [1.29, 1.82) is 0 Å². The van der Waals surface area contributed by atoms with E-state index >= 15 is 0 Å². The van der Waals surface area contributed by atoms with E-state index in [2.05, 4.69) is 16.3 Å². The van der Waals surface area contributed by atoms with Crippen LogP contribution in [0.2, 0.25) is 0 Å². The maximum atomic E-state index is 13.1. The molecule has 2 aliphatic heterocycles. The molecule has 0 fully saturated rings. The van der Waals surface area contributed by atoms with Crippen molar-refractivity contribution in [2.24, 2.45) is 0 Å². The molecule has 3 heterocycles. The Hall–Kier alpha value is -2.96. The minimum atomic E-state index is -0.318. The van der Waals surface area contributed by atoms with Crippen molar-refractivity contribution in [3.8, 4) is 11.5 Å². The van der Waals surface area contributed by atoms with Crippen LogP contribution >= 0.6 is 11.3 Å². The Labute approximate surface area is 171 Å². The standard InChI is InChI=1S/C23H18FNO3S/c1-14-22-16(11-25(13-27-22)12-18-3-2-8-29-18)10-19-21(26)20(28-23(14)19)9-15-4-6-17(24)7-5-15/h2-10H,11-13H2,1H3/b20-9-. The van der Waals surface area contributed by atoms with Gasteiger partial charge in [-0.2, -0.15) is 0 Å². The fourth-order valence-corrected chi connectivity index (χ4v) is 4.48. The fourth-order valence-electron chi connectivity index (χ4n) is 3.73. The molecule has 0 amide bonds. The summed E-state index contributed by atoms with van der Waals surface area (Å²) in [5, 5.41) is 2.07. The SMILES string of the molecule is Cc1c2c(cc3c1O/C(=C\c1ccc(F)cc1)C3=O)CN(Cc1cccs1)CO2. The Bertz CT molecular complexity index is 1120. The van der Waals surface area contributed by atoms with Crippen molar-refractivity contribution >= 4 is 23.2 Å². The number of fused-ring (bicyclic) bond motifs is 2. The Morgan fingerprint density at radius 3 is 2.79 bits per heavy atom.